The number of ether oxygens (including phenoxy) is 1. The van der Waals surface area contributed by atoms with Gasteiger partial charge in [-0.2, -0.15) is 0 Å². The summed E-state index contributed by atoms with van der Waals surface area (Å²) in [6.45, 7) is 4.47. The topological polar surface area (TPSA) is 67.3 Å². The smallest absolute Gasteiger partial charge is 0.233 e. The van der Waals surface area contributed by atoms with E-state index in [1.165, 1.54) is 19.1 Å². The number of carbonyl (C=O) groups excluding carboxylic acids is 1. The minimum absolute atomic E-state index is 0.0966. The minimum atomic E-state index is -0.187. The van der Waals surface area contributed by atoms with Gasteiger partial charge in [0.1, 0.15) is 11.9 Å². The lowest BCUT2D eigenvalue weighted by atomic mass is 10.0. The second-order valence-electron chi connectivity index (χ2n) is 9.07. The maximum absolute atomic E-state index is 13.1. The Bertz CT molecular complexity index is 1090. The van der Waals surface area contributed by atoms with Crippen LogP contribution in [0.25, 0.3) is 11.3 Å². The van der Waals surface area contributed by atoms with Crippen LogP contribution in [-0.2, 0) is 11.3 Å². The zero-order valence-electron chi connectivity index (χ0n) is 18.6. The van der Waals surface area contributed by atoms with Crippen molar-refractivity contribution in [2.24, 2.45) is 11.8 Å². The summed E-state index contributed by atoms with van der Waals surface area (Å²) in [5.41, 5.74) is 3.60. The average Bonchev–Trinajstić information content (AvgIpc) is 3.34. The van der Waals surface area contributed by atoms with Crippen LogP contribution in [0.4, 0.5) is 10.1 Å². The third-order valence-corrected chi connectivity index (χ3v) is 6.53. The van der Waals surface area contributed by atoms with Crippen LogP contribution in [0, 0.1) is 17.7 Å². The summed E-state index contributed by atoms with van der Waals surface area (Å²) in [5.74, 6) is 1.53. The van der Waals surface area contributed by atoms with Crippen LogP contribution in [0.1, 0.15) is 25.3 Å². The monoisotopic (exact) mass is 446 g/mol. The van der Waals surface area contributed by atoms with Crippen LogP contribution in [0.3, 0.4) is 0 Å². The number of benzene rings is 2. The second kappa shape index (κ2) is 9.27. The van der Waals surface area contributed by atoms with Gasteiger partial charge in [-0.3, -0.25) is 9.69 Å². The first-order valence-corrected chi connectivity index (χ1v) is 11.4. The molecule has 1 aromatic heterocycles. The number of likely N-dealkylation sites (tertiary alicyclic amines) is 1. The first-order chi connectivity index (χ1) is 16.0. The van der Waals surface area contributed by atoms with Crippen LogP contribution in [0.15, 0.2) is 60.7 Å². The number of anilines is 1. The van der Waals surface area contributed by atoms with E-state index in [9.17, 15) is 9.18 Å². The molecule has 1 aliphatic carbocycles. The molecule has 3 atom stereocenters. The van der Waals surface area contributed by atoms with Gasteiger partial charge in [0.25, 0.3) is 0 Å². The van der Waals surface area contributed by atoms with E-state index in [1.54, 1.807) is 0 Å². The maximum atomic E-state index is 13.1. The molecule has 0 unspecified atom stereocenters. The lowest BCUT2D eigenvalue weighted by Crippen LogP contribution is -2.24. The van der Waals surface area contributed by atoms with Gasteiger partial charge in [0.05, 0.1) is 5.69 Å². The normalized spacial score (nSPS) is 22.2. The molecule has 6 nitrogen and oxygen atoms in total. The van der Waals surface area contributed by atoms with Crippen LogP contribution in [0.2, 0.25) is 0 Å². The Morgan fingerprint density at radius 2 is 1.70 bits per heavy atom. The first kappa shape index (κ1) is 21.5. The summed E-state index contributed by atoms with van der Waals surface area (Å²) >= 11 is 0. The molecule has 0 spiro atoms. The Balaban J connectivity index is 1.13. The van der Waals surface area contributed by atoms with Gasteiger partial charge in [-0.25, -0.2) is 4.39 Å². The quantitative estimate of drug-likeness (QED) is 0.603. The first-order valence-electron chi connectivity index (χ1n) is 11.4. The molecule has 1 N–H and O–H groups in total. The molecule has 33 heavy (non-hydrogen) atoms. The zero-order valence-corrected chi connectivity index (χ0v) is 18.6. The standard InChI is InChI=1S/C26H27FN4O2/c1-17(32)28-23-8-4-19(5-9-23)25-10-11-26(30-29-25)33-24-12-20-15-31(16-21(20)13-24)14-18-2-6-22(27)7-3-18/h2-11,20-21,24H,12-16H2,1H3,(H,28,32)/t20-,21+,24-. The number of carbonyl (C=O) groups is 1. The van der Waals surface area contributed by atoms with Gasteiger partial charge >= 0.3 is 0 Å². The number of hydrogen-bond acceptors (Lipinski definition) is 5. The summed E-state index contributed by atoms with van der Waals surface area (Å²) in [7, 11) is 0. The van der Waals surface area contributed by atoms with Crippen molar-refractivity contribution in [1.29, 1.82) is 0 Å². The summed E-state index contributed by atoms with van der Waals surface area (Å²) in [6, 6.07) is 18.1. The fraction of sp³-hybridized carbons (Fsp3) is 0.346. The van der Waals surface area contributed by atoms with E-state index in [-0.39, 0.29) is 17.8 Å². The Morgan fingerprint density at radius 3 is 2.30 bits per heavy atom. The van der Waals surface area contributed by atoms with Crippen molar-refractivity contribution in [2.75, 3.05) is 18.4 Å². The predicted molar refractivity (Wildman–Crippen MR) is 124 cm³/mol. The molecular weight excluding hydrogens is 419 g/mol. The highest BCUT2D eigenvalue weighted by Crippen LogP contribution is 2.40. The molecule has 5 rings (SSSR count). The molecular formula is C26H27FN4O2. The summed E-state index contributed by atoms with van der Waals surface area (Å²) < 4.78 is 19.3. The summed E-state index contributed by atoms with van der Waals surface area (Å²) in [5, 5.41) is 11.4. The highest BCUT2D eigenvalue weighted by Gasteiger charge is 2.41. The van der Waals surface area contributed by atoms with Gasteiger partial charge in [-0.15, -0.1) is 10.2 Å². The molecule has 1 saturated heterocycles. The molecule has 2 heterocycles. The van der Waals surface area contributed by atoms with Crippen LogP contribution in [-0.4, -0.2) is 40.2 Å². The van der Waals surface area contributed by atoms with E-state index in [0.717, 1.165) is 55.0 Å². The van der Waals surface area contributed by atoms with Crippen molar-refractivity contribution in [2.45, 2.75) is 32.4 Å². The lowest BCUT2D eigenvalue weighted by molar-refractivity contribution is -0.114. The van der Waals surface area contributed by atoms with Gasteiger partial charge in [0, 0.05) is 43.9 Å². The number of nitrogens with one attached hydrogen (secondary N) is 1. The number of aromatic nitrogens is 2. The third kappa shape index (κ3) is 5.20. The minimum Gasteiger partial charge on any atom is -0.473 e. The molecule has 1 saturated carbocycles. The van der Waals surface area contributed by atoms with E-state index < -0.39 is 0 Å². The molecule has 2 aromatic carbocycles. The summed E-state index contributed by atoms with van der Waals surface area (Å²) in [4.78, 5) is 13.6. The van der Waals surface area contributed by atoms with E-state index in [0.29, 0.717) is 17.7 Å². The van der Waals surface area contributed by atoms with Crippen LogP contribution >= 0.6 is 0 Å². The molecule has 170 valence electrons. The van der Waals surface area contributed by atoms with Crippen molar-refractivity contribution >= 4 is 11.6 Å². The molecule has 3 aromatic rings. The maximum Gasteiger partial charge on any atom is 0.233 e. The van der Waals surface area contributed by atoms with Gasteiger partial charge in [0.2, 0.25) is 11.8 Å². The third-order valence-electron chi connectivity index (χ3n) is 6.53. The largest absolute Gasteiger partial charge is 0.473 e. The Kier molecular flexibility index (Phi) is 6.05. The Morgan fingerprint density at radius 1 is 1.00 bits per heavy atom. The van der Waals surface area contributed by atoms with Crippen molar-refractivity contribution in [3.8, 4) is 17.1 Å². The van der Waals surface area contributed by atoms with Crippen molar-refractivity contribution in [3.63, 3.8) is 0 Å². The molecule has 1 amide bonds. The van der Waals surface area contributed by atoms with Crippen molar-refractivity contribution < 1.29 is 13.9 Å². The van der Waals surface area contributed by atoms with Crippen LogP contribution < -0.4 is 10.1 Å². The van der Waals surface area contributed by atoms with E-state index in [1.807, 2.05) is 48.5 Å². The number of amides is 1. The van der Waals surface area contributed by atoms with E-state index >= 15 is 0 Å². The fourth-order valence-electron chi connectivity index (χ4n) is 5.05. The highest BCUT2D eigenvalue weighted by atomic mass is 19.1. The van der Waals surface area contributed by atoms with Gasteiger partial charge in [-0.05, 0) is 60.6 Å². The van der Waals surface area contributed by atoms with E-state index in [4.69, 9.17) is 4.74 Å². The summed E-state index contributed by atoms with van der Waals surface area (Å²) in [6.07, 6.45) is 2.22. The molecule has 0 radical (unpaired) electrons. The number of halogens is 1. The predicted octanol–water partition coefficient (Wildman–Crippen LogP) is 4.53. The van der Waals surface area contributed by atoms with Gasteiger partial charge in [0.15, 0.2) is 0 Å². The number of nitrogens with zero attached hydrogens (tertiary/aromatic N) is 3. The van der Waals surface area contributed by atoms with Gasteiger partial charge < -0.3 is 10.1 Å². The van der Waals surface area contributed by atoms with Crippen molar-refractivity contribution in [1.82, 2.24) is 15.1 Å². The SMILES string of the molecule is CC(=O)Nc1ccc(-c2ccc(O[C@@H]3C[C@@H]4CN(Cc5ccc(F)cc5)C[C@@H]4C3)nn2)cc1. The van der Waals surface area contributed by atoms with Crippen LogP contribution in [0.5, 0.6) is 5.88 Å². The number of hydrogen-bond donors (Lipinski definition) is 1. The highest BCUT2D eigenvalue weighted by molar-refractivity contribution is 5.88. The van der Waals surface area contributed by atoms with E-state index in [2.05, 4.69) is 20.4 Å². The zero-order chi connectivity index (χ0) is 22.8. The fourth-order valence-corrected chi connectivity index (χ4v) is 5.05. The number of rotatable bonds is 6. The Hall–Kier alpha value is -3.32. The second-order valence-corrected chi connectivity index (χ2v) is 9.07. The number of fused-ring (bicyclic) bond motifs is 1. The molecule has 0 bridgehead atoms. The average molecular weight is 447 g/mol. The Labute approximate surface area is 192 Å². The molecule has 1 aliphatic heterocycles. The molecule has 2 fully saturated rings. The molecule has 7 heteroatoms. The lowest BCUT2D eigenvalue weighted by Gasteiger charge is -2.19. The van der Waals surface area contributed by atoms with Gasteiger partial charge in [-0.1, -0.05) is 24.3 Å². The molecule has 2 aliphatic rings. The van der Waals surface area contributed by atoms with Crippen molar-refractivity contribution in [3.05, 3.63) is 72.0 Å².